The van der Waals surface area contributed by atoms with Gasteiger partial charge in [-0.3, -0.25) is 4.79 Å². The molecule has 1 amide bonds. The van der Waals surface area contributed by atoms with Crippen molar-refractivity contribution in [3.63, 3.8) is 0 Å². The number of carbonyl (C=O) groups is 1. The van der Waals surface area contributed by atoms with Crippen LogP contribution in [0.25, 0.3) is 11.2 Å². The highest BCUT2D eigenvalue weighted by atomic mass is 32.1. The summed E-state index contributed by atoms with van der Waals surface area (Å²) in [6.07, 6.45) is 4.39. The summed E-state index contributed by atoms with van der Waals surface area (Å²) in [7, 11) is 1.90. The fraction of sp³-hybridized carbons (Fsp3) is 0.450. The van der Waals surface area contributed by atoms with Gasteiger partial charge in [-0.2, -0.15) is 4.98 Å². The maximum absolute atomic E-state index is 12.7. The summed E-state index contributed by atoms with van der Waals surface area (Å²) in [4.78, 5) is 26.7. The predicted octanol–water partition coefficient (Wildman–Crippen LogP) is 3.86. The molecule has 1 aliphatic heterocycles. The average molecular weight is 385 g/mol. The van der Waals surface area contributed by atoms with Gasteiger partial charge in [-0.25, -0.2) is 4.98 Å². The van der Waals surface area contributed by atoms with Gasteiger partial charge in [0.25, 0.3) is 6.01 Å². The molecule has 142 valence electrons. The Morgan fingerprint density at radius 1 is 1.44 bits per heavy atom. The molecule has 1 fully saturated rings. The minimum absolute atomic E-state index is 0.203. The number of hydrogen-bond acceptors (Lipinski definition) is 6. The first-order valence-electron chi connectivity index (χ1n) is 9.33. The number of oxazole rings is 1. The highest BCUT2D eigenvalue weighted by molar-refractivity contribution is 7.10. The number of thiophene rings is 1. The Morgan fingerprint density at radius 2 is 2.33 bits per heavy atom. The third kappa shape index (κ3) is 3.98. The van der Waals surface area contributed by atoms with Crippen LogP contribution in [0.1, 0.15) is 29.7 Å². The van der Waals surface area contributed by atoms with Crippen molar-refractivity contribution in [2.45, 2.75) is 32.7 Å². The Bertz CT molecular complexity index is 902. The molecule has 0 saturated carbocycles. The van der Waals surface area contributed by atoms with Crippen molar-refractivity contribution >= 4 is 34.5 Å². The number of pyridine rings is 1. The maximum atomic E-state index is 12.7. The van der Waals surface area contributed by atoms with E-state index in [1.165, 1.54) is 10.4 Å². The van der Waals surface area contributed by atoms with Crippen LogP contribution in [0.2, 0.25) is 0 Å². The standard InChI is InChI=1S/C20H24N4O2S/c1-14-7-10-27-17(14)13-23(2)18(25)11-15-5-4-9-24(12-15)20-22-19-16(26-20)6-3-8-21-19/h3,6-8,10,15H,4-5,9,11-13H2,1-2H3. The molecule has 0 aliphatic carbocycles. The number of nitrogens with zero attached hydrogens (tertiary/aromatic N) is 4. The molecule has 27 heavy (non-hydrogen) atoms. The van der Waals surface area contributed by atoms with E-state index < -0.39 is 0 Å². The molecule has 0 bridgehead atoms. The van der Waals surface area contributed by atoms with Crippen molar-refractivity contribution in [2.75, 3.05) is 25.0 Å². The number of piperidine rings is 1. The summed E-state index contributed by atoms with van der Waals surface area (Å²) < 4.78 is 5.85. The molecular formula is C20H24N4O2S. The second-order valence-electron chi connectivity index (χ2n) is 7.26. The van der Waals surface area contributed by atoms with Gasteiger partial charge >= 0.3 is 0 Å². The molecule has 1 aliphatic rings. The molecule has 3 aromatic heterocycles. The predicted molar refractivity (Wildman–Crippen MR) is 107 cm³/mol. The quantitative estimate of drug-likeness (QED) is 0.668. The smallest absolute Gasteiger partial charge is 0.299 e. The number of aryl methyl sites for hydroxylation is 1. The Morgan fingerprint density at radius 3 is 3.11 bits per heavy atom. The van der Waals surface area contributed by atoms with Crippen LogP contribution in [-0.2, 0) is 11.3 Å². The van der Waals surface area contributed by atoms with Crippen molar-refractivity contribution < 1.29 is 9.21 Å². The van der Waals surface area contributed by atoms with Crippen molar-refractivity contribution in [1.82, 2.24) is 14.9 Å². The number of hydrogen-bond donors (Lipinski definition) is 0. The van der Waals surface area contributed by atoms with Gasteiger partial charge in [0.2, 0.25) is 11.6 Å². The number of rotatable bonds is 5. The Balaban J connectivity index is 1.37. The first kappa shape index (κ1) is 18.0. The van der Waals surface area contributed by atoms with Crippen LogP contribution in [0.15, 0.2) is 34.2 Å². The molecule has 1 unspecified atom stereocenters. The maximum Gasteiger partial charge on any atom is 0.299 e. The molecule has 4 rings (SSSR count). The van der Waals surface area contributed by atoms with E-state index in [0.717, 1.165) is 25.9 Å². The van der Waals surface area contributed by atoms with E-state index in [1.54, 1.807) is 17.5 Å². The largest absolute Gasteiger partial charge is 0.422 e. The minimum atomic E-state index is 0.203. The van der Waals surface area contributed by atoms with E-state index in [2.05, 4.69) is 33.2 Å². The van der Waals surface area contributed by atoms with Gasteiger partial charge in [0.15, 0.2) is 5.58 Å². The fourth-order valence-corrected chi connectivity index (χ4v) is 4.53. The molecule has 4 heterocycles. The van der Waals surface area contributed by atoms with E-state index in [1.807, 2.05) is 24.1 Å². The van der Waals surface area contributed by atoms with Crippen molar-refractivity contribution in [2.24, 2.45) is 5.92 Å². The zero-order valence-corrected chi connectivity index (χ0v) is 16.5. The average Bonchev–Trinajstić information content (AvgIpc) is 3.28. The summed E-state index contributed by atoms with van der Waals surface area (Å²) in [5, 5.41) is 2.08. The lowest BCUT2D eigenvalue weighted by molar-refractivity contribution is -0.131. The van der Waals surface area contributed by atoms with Crippen LogP contribution in [0.3, 0.4) is 0 Å². The molecule has 1 saturated heterocycles. The number of anilines is 1. The van der Waals surface area contributed by atoms with Crippen LogP contribution < -0.4 is 4.90 Å². The Hall–Kier alpha value is -2.41. The molecule has 7 heteroatoms. The summed E-state index contributed by atoms with van der Waals surface area (Å²) in [5.74, 6) is 0.523. The summed E-state index contributed by atoms with van der Waals surface area (Å²) in [6.45, 7) is 4.49. The van der Waals surface area contributed by atoms with E-state index >= 15 is 0 Å². The Labute approximate surface area is 162 Å². The van der Waals surface area contributed by atoms with Crippen LogP contribution in [0.4, 0.5) is 6.01 Å². The van der Waals surface area contributed by atoms with E-state index in [0.29, 0.717) is 36.1 Å². The number of aromatic nitrogens is 2. The summed E-state index contributed by atoms with van der Waals surface area (Å²) in [5.41, 5.74) is 2.60. The zero-order valence-electron chi connectivity index (χ0n) is 15.7. The second-order valence-corrected chi connectivity index (χ2v) is 8.26. The van der Waals surface area contributed by atoms with Gasteiger partial charge in [-0.05, 0) is 54.8 Å². The van der Waals surface area contributed by atoms with Crippen LogP contribution in [-0.4, -0.2) is 40.9 Å². The molecule has 1 atom stereocenters. The number of amides is 1. The summed E-state index contributed by atoms with van der Waals surface area (Å²) in [6, 6.07) is 6.45. The molecule has 3 aromatic rings. The monoisotopic (exact) mass is 384 g/mol. The molecule has 0 N–H and O–H groups in total. The van der Waals surface area contributed by atoms with Crippen LogP contribution >= 0.6 is 11.3 Å². The molecule has 0 radical (unpaired) electrons. The van der Waals surface area contributed by atoms with Crippen molar-refractivity contribution in [3.8, 4) is 0 Å². The van der Waals surface area contributed by atoms with Crippen LogP contribution in [0.5, 0.6) is 0 Å². The number of carbonyl (C=O) groups excluding carboxylic acids is 1. The van der Waals surface area contributed by atoms with Gasteiger partial charge in [-0.15, -0.1) is 11.3 Å². The van der Waals surface area contributed by atoms with E-state index in [-0.39, 0.29) is 5.91 Å². The Kier molecular flexibility index (Phi) is 5.11. The molecule has 0 aromatic carbocycles. The lowest BCUT2D eigenvalue weighted by Crippen LogP contribution is -2.38. The molecular weight excluding hydrogens is 360 g/mol. The first-order chi connectivity index (χ1) is 13.1. The topological polar surface area (TPSA) is 62.5 Å². The van der Waals surface area contributed by atoms with Gasteiger partial charge in [0.05, 0.1) is 6.54 Å². The zero-order chi connectivity index (χ0) is 18.8. The van der Waals surface area contributed by atoms with E-state index in [4.69, 9.17) is 4.42 Å². The first-order valence-corrected chi connectivity index (χ1v) is 10.2. The van der Waals surface area contributed by atoms with Gasteiger partial charge in [-0.1, -0.05) is 0 Å². The van der Waals surface area contributed by atoms with Gasteiger partial charge < -0.3 is 14.2 Å². The highest BCUT2D eigenvalue weighted by Gasteiger charge is 2.26. The van der Waals surface area contributed by atoms with Crippen molar-refractivity contribution in [3.05, 3.63) is 40.2 Å². The lowest BCUT2D eigenvalue weighted by atomic mass is 9.94. The lowest BCUT2D eigenvalue weighted by Gasteiger charge is -2.32. The molecule has 6 nitrogen and oxygen atoms in total. The molecule has 0 spiro atoms. The summed E-state index contributed by atoms with van der Waals surface area (Å²) >= 11 is 1.71. The fourth-order valence-electron chi connectivity index (χ4n) is 3.57. The highest BCUT2D eigenvalue weighted by Crippen LogP contribution is 2.27. The third-order valence-corrected chi connectivity index (χ3v) is 6.19. The van der Waals surface area contributed by atoms with Gasteiger partial charge in [0.1, 0.15) is 0 Å². The SMILES string of the molecule is Cc1ccsc1CN(C)C(=O)CC1CCCN(c2nc3ncccc3o2)C1. The normalized spacial score (nSPS) is 17.4. The minimum Gasteiger partial charge on any atom is -0.422 e. The number of fused-ring (bicyclic) bond motifs is 1. The van der Waals surface area contributed by atoms with Gasteiger partial charge in [0, 0.05) is 37.6 Å². The van der Waals surface area contributed by atoms with Crippen molar-refractivity contribution in [1.29, 1.82) is 0 Å². The second kappa shape index (κ2) is 7.68. The third-order valence-electron chi connectivity index (χ3n) is 5.18. The van der Waals surface area contributed by atoms with E-state index in [9.17, 15) is 4.79 Å². The van der Waals surface area contributed by atoms with Crippen LogP contribution in [0, 0.1) is 12.8 Å².